The SMILES string of the molecule is Nc1cc(-c2nc3c(F)cc(F)cc3[nH]2)ccn1. The van der Waals surface area contributed by atoms with Crippen molar-refractivity contribution in [2.24, 2.45) is 0 Å². The largest absolute Gasteiger partial charge is 0.384 e. The van der Waals surface area contributed by atoms with Crippen LogP contribution < -0.4 is 5.73 Å². The number of hydrogen-bond donors (Lipinski definition) is 2. The number of halogens is 2. The lowest BCUT2D eigenvalue weighted by Crippen LogP contribution is -1.90. The summed E-state index contributed by atoms with van der Waals surface area (Å²) in [6.07, 6.45) is 1.52. The fourth-order valence-corrected chi connectivity index (χ4v) is 1.77. The van der Waals surface area contributed by atoms with Gasteiger partial charge in [-0.15, -0.1) is 0 Å². The smallest absolute Gasteiger partial charge is 0.153 e. The summed E-state index contributed by atoms with van der Waals surface area (Å²) in [6.45, 7) is 0. The molecule has 0 aliphatic heterocycles. The van der Waals surface area contributed by atoms with Gasteiger partial charge in [-0.3, -0.25) is 0 Å². The summed E-state index contributed by atoms with van der Waals surface area (Å²) in [6, 6.07) is 5.28. The monoisotopic (exact) mass is 246 g/mol. The molecule has 4 nitrogen and oxygen atoms in total. The third kappa shape index (κ3) is 1.67. The normalized spacial score (nSPS) is 11.0. The maximum Gasteiger partial charge on any atom is 0.153 e. The molecule has 6 heteroatoms. The van der Waals surface area contributed by atoms with Crippen LogP contribution in [0.1, 0.15) is 0 Å². The fourth-order valence-electron chi connectivity index (χ4n) is 1.77. The quantitative estimate of drug-likeness (QED) is 0.693. The summed E-state index contributed by atoms with van der Waals surface area (Å²) in [7, 11) is 0. The summed E-state index contributed by atoms with van der Waals surface area (Å²) in [5.41, 5.74) is 6.63. The minimum absolute atomic E-state index is 0.0989. The molecule has 0 spiro atoms. The lowest BCUT2D eigenvalue weighted by molar-refractivity contribution is 0.591. The van der Waals surface area contributed by atoms with Crippen molar-refractivity contribution < 1.29 is 8.78 Å². The molecule has 90 valence electrons. The Bertz CT molecular complexity index is 736. The molecule has 0 fully saturated rings. The number of aromatic nitrogens is 3. The van der Waals surface area contributed by atoms with Gasteiger partial charge in [0.1, 0.15) is 23.0 Å². The molecule has 2 aromatic heterocycles. The lowest BCUT2D eigenvalue weighted by Gasteiger charge is -1.96. The Labute approximate surface area is 100 Å². The second-order valence-corrected chi connectivity index (χ2v) is 3.84. The van der Waals surface area contributed by atoms with Crippen LogP contribution in [-0.4, -0.2) is 15.0 Å². The lowest BCUT2D eigenvalue weighted by atomic mass is 10.2. The molecule has 0 aliphatic carbocycles. The van der Waals surface area contributed by atoms with Crippen molar-refractivity contribution in [1.82, 2.24) is 15.0 Å². The van der Waals surface area contributed by atoms with Crippen molar-refractivity contribution in [2.75, 3.05) is 5.73 Å². The van der Waals surface area contributed by atoms with E-state index in [-0.39, 0.29) is 5.52 Å². The highest BCUT2D eigenvalue weighted by Gasteiger charge is 2.11. The first-order chi connectivity index (χ1) is 8.63. The van der Waals surface area contributed by atoms with Crippen molar-refractivity contribution >= 4 is 16.9 Å². The summed E-state index contributed by atoms with van der Waals surface area (Å²) in [5.74, 6) is -0.595. The molecule has 2 heterocycles. The Morgan fingerprint density at radius 1 is 1.17 bits per heavy atom. The number of aromatic amines is 1. The van der Waals surface area contributed by atoms with Gasteiger partial charge in [-0.25, -0.2) is 18.7 Å². The van der Waals surface area contributed by atoms with Crippen molar-refractivity contribution in [1.29, 1.82) is 0 Å². The number of nitrogens with two attached hydrogens (primary N) is 1. The van der Waals surface area contributed by atoms with Crippen LogP contribution in [0.2, 0.25) is 0 Å². The second kappa shape index (κ2) is 3.76. The van der Waals surface area contributed by atoms with Crippen LogP contribution >= 0.6 is 0 Å². The maximum atomic E-state index is 13.5. The van der Waals surface area contributed by atoms with E-state index in [1.165, 1.54) is 12.3 Å². The molecule has 0 saturated carbocycles. The molecule has 0 atom stereocenters. The Balaban J connectivity index is 2.22. The van der Waals surface area contributed by atoms with Gasteiger partial charge in [-0.2, -0.15) is 0 Å². The molecule has 3 N–H and O–H groups in total. The Morgan fingerprint density at radius 3 is 2.78 bits per heavy atom. The van der Waals surface area contributed by atoms with Crippen molar-refractivity contribution in [2.45, 2.75) is 0 Å². The van der Waals surface area contributed by atoms with Crippen LogP contribution in [0.3, 0.4) is 0 Å². The molecule has 3 rings (SSSR count). The topological polar surface area (TPSA) is 67.6 Å². The van der Waals surface area contributed by atoms with Crippen LogP contribution in [-0.2, 0) is 0 Å². The van der Waals surface area contributed by atoms with Crippen LogP contribution in [0.4, 0.5) is 14.6 Å². The first-order valence-corrected chi connectivity index (χ1v) is 5.20. The first-order valence-electron chi connectivity index (χ1n) is 5.20. The number of rotatable bonds is 1. The molecule has 0 aliphatic rings. The van der Waals surface area contributed by atoms with E-state index in [9.17, 15) is 8.78 Å². The van der Waals surface area contributed by atoms with Crippen molar-refractivity contribution in [3.05, 3.63) is 42.1 Å². The summed E-state index contributed by atoms with van der Waals surface area (Å²) < 4.78 is 26.6. The molecule has 18 heavy (non-hydrogen) atoms. The maximum absolute atomic E-state index is 13.5. The first kappa shape index (κ1) is 10.6. The van der Waals surface area contributed by atoms with Gasteiger partial charge >= 0.3 is 0 Å². The highest BCUT2D eigenvalue weighted by atomic mass is 19.1. The Hall–Kier alpha value is -2.50. The van der Waals surface area contributed by atoms with E-state index in [4.69, 9.17) is 5.73 Å². The van der Waals surface area contributed by atoms with Crippen LogP contribution in [0.15, 0.2) is 30.5 Å². The van der Waals surface area contributed by atoms with Crippen LogP contribution in [0.5, 0.6) is 0 Å². The number of anilines is 1. The van der Waals surface area contributed by atoms with Gasteiger partial charge < -0.3 is 10.7 Å². The van der Waals surface area contributed by atoms with Crippen LogP contribution in [0, 0.1) is 11.6 Å². The van der Waals surface area contributed by atoms with E-state index in [0.717, 1.165) is 6.07 Å². The number of hydrogen-bond acceptors (Lipinski definition) is 3. The van der Waals surface area contributed by atoms with Gasteiger partial charge in [0.2, 0.25) is 0 Å². The zero-order chi connectivity index (χ0) is 12.7. The third-order valence-corrected chi connectivity index (χ3v) is 2.56. The molecule has 0 bridgehead atoms. The zero-order valence-electron chi connectivity index (χ0n) is 9.11. The number of nitrogens with one attached hydrogen (secondary N) is 1. The molecule has 0 unspecified atom stereocenters. The molecular formula is C12H8F2N4. The van der Waals surface area contributed by atoms with Crippen molar-refractivity contribution in [3.8, 4) is 11.4 Å². The summed E-state index contributed by atoms with van der Waals surface area (Å²) in [4.78, 5) is 10.8. The minimum atomic E-state index is -0.700. The number of nitrogens with zero attached hydrogens (tertiary/aromatic N) is 2. The van der Waals surface area contributed by atoms with Crippen molar-refractivity contribution in [3.63, 3.8) is 0 Å². The highest BCUT2D eigenvalue weighted by molar-refractivity contribution is 5.80. The number of fused-ring (bicyclic) bond motifs is 1. The highest BCUT2D eigenvalue weighted by Crippen LogP contribution is 2.23. The second-order valence-electron chi connectivity index (χ2n) is 3.84. The zero-order valence-corrected chi connectivity index (χ0v) is 9.11. The molecule has 0 amide bonds. The number of benzene rings is 1. The van der Waals surface area contributed by atoms with E-state index >= 15 is 0 Å². The van der Waals surface area contributed by atoms with Gasteiger partial charge in [0.25, 0.3) is 0 Å². The van der Waals surface area contributed by atoms with Gasteiger partial charge in [0.05, 0.1) is 5.52 Å². The average Bonchev–Trinajstić information content (AvgIpc) is 2.73. The molecule has 3 aromatic rings. The van der Waals surface area contributed by atoms with Gasteiger partial charge in [-0.05, 0) is 18.2 Å². The summed E-state index contributed by atoms with van der Waals surface area (Å²) in [5, 5.41) is 0. The number of pyridine rings is 1. The molecule has 0 radical (unpaired) electrons. The van der Waals surface area contributed by atoms with Crippen LogP contribution in [0.25, 0.3) is 22.4 Å². The Kier molecular flexibility index (Phi) is 2.22. The number of nitrogen functional groups attached to an aromatic ring is 1. The van der Waals surface area contributed by atoms with E-state index in [1.807, 2.05) is 0 Å². The minimum Gasteiger partial charge on any atom is -0.384 e. The average molecular weight is 246 g/mol. The predicted molar refractivity (Wildman–Crippen MR) is 63.7 cm³/mol. The Morgan fingerprint density at radius 2 is 2.00 bits per heavy atom. The van der Waals surface area contributed by atoms with E-state index in [1.54, 1.807) is 12.1 Å². The van der Waals surface area contributed by atoms with E-state index in [0.29, 0.717) is 22.7 Å². The molecular weight excluding hydrogens is 238 g/mol. The van der Waals surface area contributed by atoms with E-state index in [2.05, 4.69) is 15.0 Å². The number of imidazole rings is 1. The predicted octanol–water partition coefficient (Wildman–Crippen LogP) is 2.49. The third-order valence-electron chi connectivity index (χ3n) is 2.56. The fraction of sp³-hybridized carbons (Fsp3) is 0. The molecule has 0 saturated heterocycles. The molecule has 1 aromatic carbocycles. The van der Waals surface area contributed by atoms with Gasteiger partial charge in [0.15, 0.2) is 5.82 Å². The standard InChI is InChI=1S/C12H8F2N4/c13-7-4-8(14)11-9(5-7)17-12(18-11)6-1-2-16-10(15)3-6/h1-5H,(H2,15,16)(H,17,18). The summed E-state index contributed by atoms with van der Waals surface area (Å²) >= 11 is 0. The number of H-pyrrole nitrogens is 1. The van der Waals surface area contributed by atoms with Gasteiger partial charge in [0, 0.05) is 17.8 Å². The van der Waals surface area contributed by atoms with Gasteiger partial charge in [-0.1, -0.05) is 0 Å². The van der Waals surface area contributed by atoms with E-state index < -0.39 is 11.6 Å².